The molecule has 1 amide bonds. The first kappa shape index (κ1) is 16.7. The smallest absolute Gasteiger partial charge is 0.261 e. The fraction of sp³-hybridized carbons (Fsp3) is 0.188. The van der Waals surface area contributed by atoms with Gasteiger partial charge in [0.05, 0.1) is 16.6 Å². The van der Waals surface area contributed by atoms with Gasteiger partial charge in [-0.15, -0.1) is 0 Å². The summed E-state index contributed by atoms with van der Waals surface area (Å²) in [6.45, 7) is -0.665. The van der Waals surface area contributed by atoms with Crippen molar-refractivity contribution in [1.82, 2.24) is 5.32 Å². The summed E-state index contributed by atoms with van der Waals surface area (Å²) in [7, 11) is -3.87. The zero-order chi connectivity index (χ0) is 17.3. The number of sulfonamides is 1. The van der Waals surface area contributed by atoms with Crippen LogP contribution >= 0.6 is 11.6 Å². The van der Waals surface area contributed by atoms with E-state index in [-0.39, 0.29) is 10.5 Å². The monoisotopic (exact) mass is 368 g/mol. The summed E-state index contributed by atoms with van der Waals surface area (Å²) in [5.41, 5.74) is 1.19. The van der Waals surface area contributed by atoms with Crippen LogP contribution in [0.25, 0.3) is 0 Å². The molecule has 0 saturated heterocycles. The van der Waals surface area contributed by atoms with Crippen LogP contribution in [0.15, 0.2) is 47.4 Å². The van der Waals surface area contributed by atoms with Crippen LogP contribution in [0.2, 0.25) is 5.02 Å². The van der Waals surface area contributed by atoms with Gasteiger partial charge in [0, 0.05) is 10.6 Å². The van der Waals surface area contributed by atoms with E-state index in [1.165, 1.54) is 18.2 Å². The zero-order valence-electron chi connectivity index (χ0n) is 12.4. The largest absolute Gasteiger partial charge is 0.346 e. The minimum atomic E-state index is -3.87. The van der Waals surface area contributed by atoms with Crippen molar-refractivity contribution in [3.63, 3.8) is 0 Å². The number of amides is 1. The number of nitrogens with one attached hydrogen (secondary N) is 2. The predicted molar refractivity (Wildman–Crippen MR) is 89.6 cm³/mol. The molecule has 24 heavy (non-hydrogen) atoms. The van der Waals surface area contributed by atoms with E-state index >= 15 is 0 Å². The minimum Gasteiger partial charge on any atom is -0.346 e. The van der Waals surface area contributed by atoms with Crippen LogP contribution in [0.1, 0.15) is 15.9 Å². The third-order valence-corrected chi connectivity index (χ3v) is 5.31. The van der Waals surface area contributed by atoms with Crippen molar-refractivity contribution >= 4 is 33.2 Å². The molecule has 0 aliphatic carbocycles. The maximum Gasteiger partial charge on any atom is 0.261 e. The average molecular weight is 369 g/mol. The van der Waals surface area contributed by atoms with Crippen LogP contribution in [0.5, 0.6) is 0 Å². The van der Waals surface area contributed by atoms with Gasteiger partial charge < -0.3 is 5.32 Å². The molecule has 2 aromatic carbocycles. The number of alkyl halides is 1. The molecular weight excluding hydrogens is 355 g/mol. The standard InChI is InChI=1S/C16H14ClFN2O3S/c17-11-2-1-3-12(7-11)20-24(22,23)14-5-4-10-6-13(9-18)19-16(21)15(10)8-14/h1-5,7-8,13,20H,6,9H2,(H,19,21). The quantitative estimate of drug-likeness (QED) is 0.871. The maximum absolute atomic E-state index is 12.8. The Labute approximate surface area is 143 Å². The highest BCUT2D eigenvalue weighted by atomic mass is 35.5. The first-order valence-electron chi connectivity index (χ1n) is 7.17. The molecule has 0 fully saturated rings. The molecule has 1 heterocycles. The topological polar surface area (TPSA) is 75.3 Å². The Morgan fingerprint density at radius 2 is 2.04 bits per heavy atom. The third kappa shape index (κ3) is 3.37. The average Bonchev–Trinajstić information content (AvgIpc) is 2.54. The summed E-state index contributed by atoms with van der Waals surface area (Å²) in [5, 5.41) is 2.91. The van der Waals surface area contributed by atoms with Gasteiger partial charge in [-0.2, -0.15) is 0 Å². The highest BCUT2D eigenvalue weighted by Crippen LogP contribution is 2.24. The van der Waals surface area contributed by atoms with Crippen molar-refractivity contribution in [3.05, 3.63) is 58.6 Å². The lowest BCUT2D eigenvalue weighted by Gasteiger charge is -2.23. The Morgan fingerprint density at radius 3 is 2.75 bits per heavy atom. The fourth-order valence-corrected chi connectivity index (χ4v) is 3.82. The minimum absolute atomic E-state index is 0.0462. The van der Waals surface area contributed by atoms with Crippen molar-refractivity contribution < 1.29 is 17.6 Å². The Bertz CT molecular complexity index is 902. The summed E-state index contributed by atoms with van der Waals surface area (Å²) < 4.78 is 40.1. The number of benzene rings is 2. The van der Waals surface area contributed by atoms with E-state index in [1.807, 2.05) is 0 Å². The van der Waals surface area contributed by atoms with Gasteiger partial charge in [0.15, 0.2) is 0 Å². The van der Waals surface area contributed by atoms with E-state index < -0.39 is 28.6 Å². The maximum atomic E-state index is 12.8. The van der Waals surface area contributed by atoms with E-state index in [2.05, 4.69) is 10.0 Å². The molecule has 0 bridgehead atoms. The summed E-state index contributed by atoms with van der Waals surface area (Å²) in [5.74, 6) is -0.473. The SMILES string of the molecule is O=C1NC(CF)Cc2ccc(S(=O)(=O)Nc3cccc(Cl)c3)cc21. The van der Waals surface area contributed by atoms with E-state index in [1.54, 1.807) is 24.3 Å². The summed E-state index contributed by atoms with van der Waals surface area (Å²) in [6.07, 6.45) is 0.333. The fourth-order valence-electron chi connectivity index (χ4n) is 2.55. The molecule has 1 aliphatic heterocycles. The van der Waals surface area contributed by atoms with Gasteiger partial charge >= 0.3 is 0 Å². The highest BCUT2D eigenvalue weighted by molar-refractivity contribution is 7.92. The molecule has 0 spiro atoms. The Hall–Kier alpha value is -2.12. The number of hydrogen-bond acceptors (Lipinski definition) is 3. The molecule has 0 radical (unpaired) electrons. The van der Waals surface area contributed by atoms with Crippen molar-refractivity contribution in [3.8, 4) is 0 Å². The Kier molecular flexibility index (Phi) is 4.47. The van der Waals surface area contributed by atoms with Crippen LogP contribution < -0.4 is 10.0 Å². The lowest BCUT2D eigenvalue weighted by Crippen LogP contribution is -2.42. The van der Waals surface area contributed by atoms with Crippen molar-refractivity contribution in [1.29, 1.82) is 0 Å². The van der Waals surface area contributed by atoms with Gasteiger partial charge in [-0.3, -0.25) is 9.52 Å². The third-order valence-electron chi connectivity index (χ3n) is 3.70. The number of fused-ring (bicyclic) bond motifs is 1. The molecule has 3 rings (SSSR count). The van der Waals surface area contributed by atoms with E-state index in [9.17, 15) is 17.6 Å². The van der Waals surface area contributed by atoms with Gasteiger partial charge in [0.2, 0.25) is 0 Å². The second kappa shape index (κ2) is 6.41. The van der Waals surface area contributed by atoms with Crippen molar-refractivity contribution in [2.45, 2.75) is 17.4 Å². The molecule has 0 aromatic heterocycles. The molecule has 1 atom stereocenters. The second-order valence-corrected chi connectivity index (χ2v) is 7.58. The van der Waals surface area contributed by atoms with Crippen LogP contribution in [-0.2, 0) is 16.4 Å². The van der Waals surface area contributed by atoms with Gasteiger partial charge in [-0.25, -0.2) is 12.8 Å². The van der Waals surface area contributed by atoms with Gasteiger partial charge in [-0.1, -0.05) is 23.7 Å². The number of rotatable bonds is 4. The second-order valence-electron chi connectivity index (χ2n) is 5.46. The summed E-state index contributed by atoms with van der Waals surface area (Å²) >= 11 is 5.84. The normalized spacial score (nSPS) is 17.1. The van der Waals surface area contributed by atoms with Gasteiger partial charge in [0.1, 0.15) is 6.67 Å². The number of anilines is 1. The van der Waals surface area contributed by atoms with E-state index in [0.29, 0.717) is 22.7 Å². The summed E-state index contributed by atoms with van der Waals surface area (Å²) in [4.78, 5) is 12.0. The molecule has 8 heteroatoms. The Balaban J connectivity index is 1.92. The predicted octanol–water partition coefficient (Wildman–Crippen LogP) is 2.76. The van der Waals surface area contributed by atoms with Crippen LogP contribution in [-0.4, -0.2) is 27.0 Å². The van der Waals surface area contributed by atoms with Gasteiger partial charge in [0.25, 0.3) is 15.9 Å². The molecule has 2 aromatic rings. The molecule has 126 valence electrons. The molecule has 1 unspecified atom stereocenters. The first-order chi connectivity index (χ1) is 11.4. The number of halogens is 2. The van der Waals surface area contributed by atoms with Gasteiger partial charge in [-0.05, 0) is 42.3 Å². The first-order valence-corrected chi connectivity index (χ1v) is 9.03. The highest BCUT2D eigenvalue weighted by Gasteiger charge is 2.26. The molecule has 2 N–H and O–H groups in total. The van der Waals surface area contributed by atoms with Crippen molar-refractivity contribution in [2.24, 2.45) is 0 Å². The molecule has 0 saturated carbocycles. The number of carbonyl (C=O) groups excluding carboxylic acids is 1. The zero-order valence-corrected chi connectivity index (χ0v) is 14.0. The van der Waals surface area contributed by atoms with Crippen LogP contribution in [0.3, 0.4) is 0 Å². The van der Waals surface area contributed by atoms with Crippen LogP contribution in [0.4, 0.5) is 10.1 Å². The molecule has 1 aliphatic rings. The lowest BCUT2D eigenvalue weighted by atomic mass is 9.96. The molecule has 5 nitrogen and oxygen atoms in total. The number of carbonyl (C=O) groups is 1. The van der Waals surface area contributed by atoms with E-state index in [4.69, 9.17) is 11.6 Å². The lowest BCUT2D eigenvalue weighted by molar-refractivity contribution is 0.0917. The Morgan fingerprint density at radius 1 is 1.25 bits per heavy atom. The summed E-state index contributed by atoms with van der Waals surface area (Å²) in [6, 6.07) is 9.98. The van der Waals surface area contributed by atoms with E-state index in [0.717, 1.165) is 0 Å². The van der Waals surface area contributed by atoms with Crippen molar-refractivity contribution in [2.75, 3.05) is 11.4 Å². The molecular formula is C16H14ClFN2O3S. The number of hydrogen-bond donors (Lipinski definition) is 2. The van der Waals surface area contributed by atoms with Crippen LogP contribution in [0, 0.1) is 0 Å².